The molecule has 1 heterocycles. The summed E-state index contributed by atoms with van der Waals surface area (Å²) in [4.78, 5) is 12.4. The number of nitrogens with one attached hydrogen (secondary N) is 1. The predicted octanol–water partition coefficient (Wildman–Crippen LogP) is 4.23. The quantitative estimate of drug-likeness (QED) is 0.793. The van der Waals surface area contributed by atoms with Crippen molar-refractivity contribution in [3.8, 4) is 11.5 Å². The number of methoxy groups -OCH3 is 2. The number of carbonyl (C=O) groups is 1. The summed E-state index contributed by atoms with van der Waals surface area (Å²) in [6.07, 6.45) is 1.90. The van der Waals surface area contributed by atoms with E-state index in [4.69, 9.17) is 9.47 Å². The van der Waals surface area contributed by atoms with Crippen molar-refractivity contribution in [1.82, 2.24) is 10.3 Å². The molecule has 0 unspecified atom stereocenters. The van der Waals surface area contributed by atoms with Crippen molar-refractivity contribution in [2.24, 2.45) is 5.10 Å². The minimum absolute atomic E-state index is 0.315. The molecule has 0 atom stereocenters. The summed E-state index contributed by atoms with van der Waals surface area (Å²) in [7, 11) is 4.77. The maximum atomic E-state index is 12.4. The van der Waals surface area contributed by atoms with Gasteiger partial charge in [0.25, 0.3) is 0 Å². The molecular formula is C20H20BrN3O3. The van der Waals surface area contributed by atoms with Gasteiger partial charge in [0.2, 0.25) is 0 Å². The van der Waals surface area contributed by atoms with Crippen molar-refractivity contribution in [3.63, 3.8) is 0 Å². The first-order valence-electron chi connectivity index (χ1n) is 8.29. The van der Waals surface area contributed by atoms with Crippen LogP contribution in [0.4, 0.5) is 4.79 Å². The lowest BCUT2D eigenvalue weighted by molar-refractivity contribution is 0.215. The van der Waals surface area contributed by atoms with Crippen molar-refractivity contribution in [2.75, 3.05) is 21.3 Å². The van der Waals surface area contributed by atoms with E-state index in [1.807, 2.05) is 49.4 Å². The summed E-state index contributed by atoms with van der Waals surface area (Å²) >= 11 is 3.45. The molecule has 0 radical (unpaired) electrons. The number of nitrogens with zero attached hydrogens (tertiary/aromatic N) is 2. The van der Waals surface area contributed by atoms with Gasteiger partial charge in [-0.3, -0.25) is 0 Å². The Kier molecular flexibility index (Phi) is 5.51. The zero-order chi connectivity index (χ0) is 19.6. The van der Waals surface area contributed by atoms with Crippen molar-refractivity contribution in [2.45, 2.75) is 6.92 Å². The van der Waals surface area contributed by atoms with Gasteiger partial charge in [0, 0.05) is 28.3 Å². The first-order valence-corrected chi connectivity index (χ1v) is 9.09. The average Bonchev–Trinajstić information content (AvgIpc) is 2.82. The molecule has 0 saturated heterocycles. The van der Waals surface area contributed by atoms with Crippen LogP contribution in [0, 0.1) is 0 Å². The molecule has 3 rings (SSSR count). The number of halogens is 1. The first-order chi connectivity index (χ1) is 13.0. The lowest BCUT2D eigenvalue weighted by Crippen LogP contribution is -2.33. The van der Waals surface area contributed by atoms with Crippen LogP contribution in [0.15, 0.2) is 51.7 Å². The summed E-state index contributed by atoms with van der Waals surface area (Å²) in [5.41, 5.74) is 3.97. The summed E-state index contributed by atoms with van der Waals surface area (Å²) in [5.74, 6) is 1.21. The normalized spacial score (nSPS) is 13.1. The van der Waals surface area contributed by atoms with Crippen LogP contribution in [-0.4, -0.2) is 38.0 Å². The molecule has 140 valence electrons. The van der Waals surface area contributed by atoms with Crippen molar-refractivity contribution in [1.29, 1.82) is 0 Å². The Morgan fingerprint density at radius 1 is 1.11 bits per heavy atom. The SMILES string of the molecule is CNC(=O)N1N=C(c2ccc(Br)cc2)c2cc(OC)c(OC)cc2C=C1C. The highest BCUT2D eigenvalue weighted by atomic mass is 79.9. The largest absolute Gasteiger partial charge is 0.493 e. The number of carbonyl (C=O) groups excluding carboxylic acids is 1. The Labute approximate surface area is 166 Å². The molecule has 0 fully saturated rings. The van der Waals surface area contributed by atoms with E-state index in [2.05, 4.69) is 26.3 Å². The number of benzene rings is 2. The van der Waals surface area contributed by atoms with Crippen molar-refractivity contribution in [3.05, 3.63) is 63.3 Å². The Balaban J connectivity index is 2.29. The number of fused-ring (bicyclic) bond motifs is 1. The minimum Gasteiger partial charge on any atom is -0.493 e. The van der Waals surface area contributed by atoms with Gasteiger partial charge in [0.1, 0.15) is 0 Å². The molecule has 1 N–H and O–H groups in total. The monoisotopic (exact) mass is 429 g/mol. The molecule has 0 aromatic heterocycles. The summed E-state index contributed by atoms with van der Waals surface area (Å²) in [6, 6.07) is 11.2. The van der Waals surface area contributed by atoms with Gasteiger partial charge in [-0.15, -0.1) is 0 Å². The highest BCUT2D eigenvalue weighted by molar-refractivity contribution is 9.10. The lowest BCUT2D eigenvalue weighted by Gasteiger charge is -2.17. The predicted molar refractivity (Wildman–Crippen MR) is 109 cm³/mol. The summed E-state index contributed by atoms with van der Waals surface area (Å²) in [5, 5.41) is 8.64. The Bertz CT molecular complexity index is 936. The Hall–Kier alpha value is -2.80. The molecule has 1 aliphatic rings. The molecule has 0 aliphatic carbocycles. The van der Waals surface area contributed by atoms with Crippen LogP contribution in [0.3, 0.4) is 0 Å². The van der Waals surface area contributed by atoms with E-state index in [0.717, 1.165) is 21.2 Å². The Morgan fingerprint density at radius 3 is 2.33 bits per heavy atom. The van der Waals surface area contributed by atoms with E-state index >= 15 is 0 Å². The molecule has 0 saturated carbocycles. The Morgan fingerprint density at radius 2 is 1.74 bits per heavy atom. The number of rotatable bonds is 3. The molecule has 2 aromatic carbocycles. The average molecular weight is 430 g/mol. The van der Waals surface area contributed by atoms with Gasteiger partial charge in [-0.05, 0) is 42.8 Å². The molecule has 0 spiro atoms. The summed E-state index contributed by atoms with van der Waals surface area (Å²) < 4.78 is 11.9. The van der Waals surface area contributed by atoms with Crippen LogP contribution in [0.2, 0.25) is 0 Å². The lowest BCUT2D eigenvalue weighted by atomic mass is 9.96. The fourth-order valence-corrected chi connectivity index (χ4v) is 3.13. The topological polar surface area (TPSA) is 63.2 Å². The third-order valence-corrected chi connectivity index (χ3v) is 4.76. The maximum absolute atomic E-state index is 12.4. The van der Waals surface area contributed by atoms with Gasteiger partial charge >= 0.3 is 6.03 Å². The minimum atomic E-state index is -0.315. The second-order valence-corrected chi connectivity index (χ2v) is 6.82. The number of allylic oxidation sites excluding steroid dienone is 1. The van der Waals surface area contributed by atoms with Crippen molar-refractivity contribution >= 4 is 33.7 Å². The van der Waals surface area contributed by atoms with Crippen molar-refractivity contribution < 1.29 is 14.3 Å². The van der Waals surface area contributed by atoms with E-state index in [0.29, 0.717) is 22.9 Å². The van der Waals surface area contributed by atoms with Crippen LogP contribution in [-0.2, 0) is 0 Å². The van der Waals surface area contributed by atoms with Gasteiger partial charge in [0.05, 0.1) is 19.9 Å². The first kappa shape index (κ1) is 19.0. The number of amides is 2. The van der Waals surface area contributed by atoms with E-state index in [1.165, 1.54) is 5.01 Å². The second kappa shape index (κ2) is 7.84. The number of hydrogen-bond acceptors (Lipinski definition) is 4. The van der Waals surface area contributed by atoms with Gasteiger partial charge in [-0.1, -0.05) is 28.1 Å². The van der Waals surface area contributed by atoms with E-state index < -0.39 is 0 Å². The summed E-state index contributed by atoms with van der Waals surface area (Å²) in [6.45, 7) is 1.84. The van der Waals surface area contributed by atoms with Crippen LogP contribution >= 0.6 is 15.9 Å². The fourth-order valence-electron chi connectivity index (χ4n) is 2.87. The number of urea groups is 1. The van der Waals surface area contributed by atoms with Crippen LogP contribution in [0.1, 0.15) is 23.6 Å². The standard InChI is InChI=1S/C20H20BrN3O3/c1-12-9-14-10-17(26-3)18(27-4)11-16(14)19(23-24(12)20(25)22-2)13-5-7-15(21)8-6-13/h5-11H,1-4H3,(H,22,25). The highest BCUT2D eigenvalue weighted by Crippen LogP contribution is 2.35. The van der Waals surface area contributed by atoms with Gasteiger partial charge < -0.3 is 14.8 Å². The van der Waals surface area contributed by atoms with E-state index in [1.54, 1.807) is 21.3 Å². The molecule has 1 aliphatic heterocycles. The number of hydrogen-bond donors (Lipinski definition) is 1. The zero-order valence-corrected chi connectivity index (χ0v) is 17.1. The molecule has 2 amide bonds. The molecule has 0 bridgehead atoms. The van der Waals surface area contributed by atoms with Gasteiger partial charge in [-0.2, -0.15) is 10.1 Å². The molecule has 2 aromatic rings. The number of ether oxygens (including phenoxy) is 2. The van der Waals surface area contributed by atoms with Gasteiger partial charge in [-0.25, -0.2) is 4.79 Å². The zero-order valence-electron chi connectivity index (χ0n) is 15.5. The second-order valence-electron chi connectivity index (χ2n) is 5.90. The smallest absolute Gasteiger partial charge is 0.342 e. The van der Waals surface area contributed by atoms with E-state index in [-0.39, 0.29) is 6.03 Å². The van der Waals surface area contributed by atoms with E-state index in [9.17, 15) is 4.79 Å². The van der Waals surface area contributed by atoms with Crippen LogP contribution < -0.4 is 14.8 Å². The molecule has 7 heteroatoms. The third kappa shape index (κ3) is 3.68. The number of hydrazone groups is 1. The molecule has 6 nitrogen and oxygen atoms in total. The van der Waals surface area contributed by atoms with Crippen LogP contribution in [0.5, 0.6) is 11.5 Å². The van der Waals surface area contributed by atoms with Gasteiger partial charge in [0.15, 0.2) is 11.5 Å². The third-order valence-electron chi connectivity index (χ3n) is 4.23. The molecule has 27 heavy (non-hydrogen) atoms. The molecular weight excluding hydrogens is 410 g/mol. The van der Waals surface area contributed by atoms with Crippen LogP contribution in [0.25, 0.3) is 6.08 Å². The fraction of sp³-hybridized carbons (Fsp3) is 0.200. The maximum Gasteiger partial charge on any atom is 0.342 e. The highest BCUT2D eigenvalue weighted by Gasteiger charge is 2.23.